The summed E-state index contributed by atoms with van der Waals surface area (Å²) in [4.78, 5) is 24.7. The number of carbonyl (C=O) groups is 2. The molecule has 5 nitrogen and oxygen atoms in total. The van der Waals surface area contributed by atoms with Crippen LogP contribution in [0.2, 0.25) is 0 Å². The molecule has 0 saturated carbocycles. The maximum absolute atomic E-state index is 12.4. The molecule has 0 aromatic carbocycles. The monoisotopic (exact) mass is 1240 g/mol. The van der Waals surface area contributed by atoms with Gasteiger partial charge in [-0.05, 0) is 148 Å². The number of carbonyl (C=O) groups excluding carboxylic acids is 2. The maximum atomic E-state index is 12.4. The summed E-state index contributed by atoms with van der Waals surface area (Å²) >= 11 is 0. The van der Waals surface area contributed by atoms with E-state index in [0.29, 0.717) is 12.8 Å². The van der Waals surface area contributed by atoms with Gasteiger partial charge >= 0.3 is 11.9 Å². The zero-order chi connectivity index (χ0) is 64.7. The van der Waals surface area contributed by atoms with Gasteiger partial charge in [-0.15, -0.1) is 0 Å². The first kappa shape index (κ1) is 84.5. The van der Waals surface area contributed by atoms with E-state index in [-0.39, 0.29) is 25.2 Å². The van der Waals surface area contributed by atoms with E-state index in [0.717, 1.165) is 154 Å². The fourth-order valence-corrected chi connectivity index (χ4v) is 9.68. The molecule has 0 aromatic heterocycles. The fourth-order valence-electron chi connectivity index (χ4n) is 9.68. The molecule has 0 aliphatic rings. The van der Waals surface area contributed by atoms with Crippen molar-refractivity contribution in [3.8, 4) is 0 Å². The highest BCUT2D eigenvalue weighted by Gasteiger charge is 2.16. The first-order chi connectivity index (χ1) is 44.6. The first-order valence-corrected chi connectivity index (χ1v) is 36.6. The minimum absolute atomic E-state index is 0.0807. The second kappa shape index (κ2) is 77.7. The largest absolute Gasteiger partial charge is 0.462 e. The Hall–Kier alpha value is -5.52. The van der Waals surface area contributed by atoms with Crippen LogP contribution in [0.4, 0.5) is 0 Å². The molecular weight excluding hydrogens is 1100 g/mol. The molecule has 1 atom stereocenters. The normalized spacial score (nSPS) is 13.5. The van der Waals surface area contributed by atoms with Gasteiger partial charge in [-0.3, -0.25) is 9.59 Å². The van der Waals surface area contributed by atoms with Crippen LogP contribution in [0.1, 0.15) is 296 Å². The standard InChI is InChI=1S/C85H134O5/c1-3-5-7-9-11-13-15-17-19-21-23-25-27-29-31-33-35-37-39-40-41-42-43-44-46-48-50-52-54-56-58-60-62-64-66-68-70-72-74-76-78-80-85(88)90-83(81-86)82-89-84(87)79-77-75-73-71-69-67-65-63-61-59-57-55-53-51-49-47-45-38-36-34-32-30-28-26-24-22-20-18-16-14-12-10-8-6-4-2/h5-8,11-14,17-20,23-26,29-32,35-38,40-41,43-44,48,50,54,56,60,62,83,86H,3-4,9-10,15-16,21-22,27-28,33-34,39,42,45-47,49,51-53,55,57-59,61,63-82H2,1-2H3/b7-5-,8-6-,13-11-,14-12-,19-17-,20-18-,25-23-,26-24-,31-29-,32-30-,37-35-,38-36-,41-40-,44-43-,50-48-,56-54-,62-60-. The van der Waals surface area contributed by atoms with Gasteiger partial charge in [-0.25, -0.2) is 0 Å². The van der Waals surface area contributed by atoms with Crippen molar-refractivity contribution >= 4 is 11.9 Å². The van der Waals surface area contributed by atoms with E-state index < -0.39 is 6.10 Å². The average molecular weight is 1240 g/mol. The molecular formula is C85H134O5. The summed E-state index contributed by atoms with van der Waals surface area (Å²) in [5.41, 5.74) is 0. The molecule has 90 heavy (non-hydrogen) atoms. The lowest BCUT2D eigenvalue weighted by Crippen LogP contribution is -2.28. The lowest BCUT2D eigenvalue weighted by atomic mass is 10.0. The number of allylic oxidation sites excluding steroid dienone is 34. The molecule has 1 unspecified atom stereocenters. The molecule has 0 fully saturated rings. The van der Waals surface area contributed by atoms with Crippen molar-refractivity contribution in [1.82, 2.24) is 0 Å². The molecule has 0 spiro atoms. The minimum Gasteiger partial charge on any atom is -0.462 e. The predicted octanol–water partition coefficient (Wildman–Crippen LogP) is 26.1. The van der Waals surface area contributed by atoms with Gasteiger partial charge in [0.15, 0.2) is 6.10 Å². The van der Waals surface area contributed by atoms with Crippen LogP contribution < -0.4 is 0 Å². The van der Waals surface area contributed by atoms with Crippen molar-refractivity contribution in [2.75, 3.05) is 13.2 Å². The third kappa shape index (κ3) is 74.9. The van der Waals surface area contributed by atoms with Crippen LogP contribution in [0.3, 0.4) is 0 Å². The molecule has 1 N–H and O–H groups in total. The Kier molecular flexibility index (Phi) is 73.0. The number of ether oxygens (including phenoxy) is 2. The maximum Gasteiger partial charge on any atom is 0.306 e. The van der Waals surface area contributed by atoms with Crippen molar-refractivity contribution in [2.24, 2.45) is 0 Å². The molecule has 0 aliphatic heterocycles. The highest BCUT2D eigenvalue weighted by Crippen LogP contribution is 2.16. The van der Waals surface area contributed by atoms with Gasteiger partial charge in [0.25, 0.3) is 0 Å². The number of unbranched alkanes of at least 4 members (excludes halogenated alkanes) is 23. The van der Waals surface area contributed by atoms with Crippen LogP contribution in [0, 0.1) is 0 Å². The Balaban J connectivity index is 3.58. The quantitative estimate of drug-likeness (QED) is 0.0373. The smallest absolute Gasteiger partial charge is 0.306 e. The van der Waals surface area contributed by atoms with Crippen LogP contribution in [0.5, 0.6) is 0 Å². The molecule has 0 aromatic rings. The third-order valence-electron chi connectivity index (χ3n) is 15.1. The topological polar surface area (TPSA) is 72.8 Å². The van der Waals surface area contributed by atoms with E-state index in [2.05, 4.69) is 220 Å². The first-order valence-electron chi connectivity index (χ1n) is 36.6. The summed E-state index contributed by atoms with van der Waals surface area (Å²) in [5.74, 6) is -0.609. The third-order valence-corrected chi connectivity index (χ3v) is 15.1. The molecule has 504 valence electrons. The molecule has 0 amide bonds. The lowest BCUT2D eigenvalue weighted by Gasteiger charge is -2.15. The molecule has 0 saturated heterocycles. The van der Waals surface area contributed by atoms with E-state index in [4.69, 9.17) is 9.47 Å². The Morgan fingerprint density at radius 1 is 0.256 bits per heavy atom. The van der Waals surface area contributed by atoms with Crippen molar-refractivity contribution in [2.45, 2.75) is 302 Å². The second-order valence-electron chi connectivity index (χ2n) is 23.6. The van der Waals surface area contributed by atoms with E-state index >= 15 is 0 Å². The molecule has 0 bridgehead atoms. The average Bonchev–Trinajstić information content (AvgIpc) is 3.60. The Bertz CT molecular complexity index is 2090. The van der Waals surface area contributed by atoms with Crippen LogP contribution in [0.15, 0.2) is 207 Å². The molecule has 0 radical (unpaired) electrons. The van der Waals surface area contributed by atoms with E-state index in [1.54, 1.807) is 0 Å². The molecule has 5 heteroatoms. The number of hydrogen-bond donors (Lipinski definition) is 1. The lowest BCUT2D eigenvalue weighted by molar-refractivity contribution is -0.161. The highest BCUT2D eigenvalue weighted by molar-refractivity contribution is 5.70. The van der Waals surface area contributed by atoms with Crippen molar-refractivity contribution in [3.63, 3.8) is 0 Å². The van der Waals surface area contributed by atoms with Gasteiger partial charge < -0.3 is 14.6 Å². The zero-order valence-electron chi connectivity index (χ0n) is 57.8. The summed E-state index contributed by atoms with van der Waals surface area (Å²) in [6, 6.07) is 0. The fraction of sp³-hybridized carbons (Fsp3) is 0.576. The molecule has 0 heterocycles. The highest BCUT2D eigenvalue weighted by atomic mass is 16.6. The van der Waals surface area contributed by atoms with E-state index in [1.165, 1.54) is 116 Å². The van der Waals surface area contributed by atoms with Gasteiger partial charge in [-0.2, -0.15) is 0 Å². The molecule has 0 rings (SSSR count). The van der Waals surface area contributed by atoms with Crippen LogP contribution in [0.25, 0.3) is 0 Å². The van der Waals surface area contributed by atoms with Crippen molar-refractivity contribution in [1.29, 1.82) is 0 Å². The number of hydrogen-bond acceptors (Lipinski definition) is 5. The Morgan fingerprint density at radius 3 is 0.667 bits per heavy atom. The van der Waals surface area contributed by atoms with Crippen LogP contribution in [-0.4, -0.2) is 36.4 Å². The summed E-state index contributed by atoms with van der Waals surface area (Å²) in [6.45, 7) is 3.91. The number of rotatable bonds is 65. The van der Waals surface area contributed by atoms with Gasteiger partial charge in [0.2, 0.25) is 0 Å². The van der Waals surface area contributed by atoms with Gasteiger partial charge in [-0.1, -0.05) is 342 Å². The number of aliphatic hydroxyl groups excluding tert-OH is 1. The zero-order valence-corrected chi connectivity index (χ0v) is 57.8. The number of aliphatic hydroxyl groups is 1. The summed E-state index contributed by atoms with van der Waals surface area (Å²) in [7, 11) is 0. The Labute approximate surface area is 555 Å². The van der Waals surface area contributed by atoms with Crippen molar-refractivity contribution < 1.29 is 24.2 Å². The summed E-state index contributed by atoms with van der Waals surface area (Å²) in [6.07, 6.45) is 124. The predicted molar refractivity (Wildman–Crippen MR) is 398 cm³/mol. The SMILES string of the molecule is CC/C=C\C/C=C\C/C=C\C/C=C\C/C=C\C/C=C\C/C=C\C/C=C\C/C=C\C/C=C\C/C=C\CCCCCCCCCC(=O)OC(CO)COC(=O)CCCCCCCCCCCCCCCCCC/C=C\C/C=C\C/C=C\C/C=C\C/C=C\C/C=C\CC. The van der Waals surface area contributed by atoms with Crippen LogP contribution in [-0.2, 0) is 19.1 Å². The number of esters is 2. The van der Waals surface area contributed by atoms with Crippen LogP contribution >= 0.6 is 0 Å². The van der Waals surface area contributed by atoms with Gasteiger partial charge in [0, 0.05) is 12.8 Å². The van der Waals surface area contributed by atoms with E-state index in [1.807, 2.05) is 0 Å². The summed E-state index contributed by atoms with van der Waals surface area (Å²) in [5, 5.41) is 9.71. The molecule has 0 aliphatic carbocycles. The van der Waals surface area contributed by atoms with Gasteiger partial charge in [0.05, 0.1) is 6.61 Å². The Morgan fingerprint density at radius 2 is 0.444 bits per heavy atom. The second-order valence-corrected chi connectivity index (χ2v) is 23.6. The van der Waals surface area contributed by atoms with Crippen molar-refractivity contribution in [3.05, 3.63) is 207 Å². The van der Waals surface area contributed by atoms with Gasteiger partial charge in [0.1, 0.15) is 6.61 Å². The summed E-state index contributed by atoms with van der Waals surface area (Å²) < 4.78 is 10.8. The van der Waals surface area contributed by atoms with E-state index in [9.17, 15) is 14.7 Å². The minimum atomic E-state index is -0.794.